The summed E-state index contributed by atoms with van der Waals surface area (Å²) in [5.74, 6) is 1.23. The molecule has 0 spiro atoms. The van der Waals surface area contributed by atoms with E-state index in [2.05, 4.69) is 5.32 Å². The van der Waals surface area contributed by atoms with Gasteiger partial charge >= 0.3 is 0 Å². The molecule has 1 fully saturated rings. The average Bonchev–Trinajstić information content (AvgIpc) is 2.78. The van der Waals surface area contributed by atoms with Gasteiger partial charge in [0.25, 0.3) is 5.91 Å². The molecule has 0 atom stereocenters. The molecule has 1 N–H and O–H groups in total. The summed E-state index contributed by atoms with van der Waals surface area (Å²) < 4.78 is 16.4. The highest BCUT2D eigenvalue weighted by molar-refractivity contribution is 6.03. The highest BCUT2D eigenvalue weighted by Crippen LogP contribution is 2.31. The van der Waals surface area contributed by atoms with Crippen LogP contribution in [0.5, 0.6) is 11.5 Å². The number of rotatable bonds is 5. The molecule has 2 heterocycles. The van der Waals surface area contributed by atoms with Crippen molar-refractivity contribution in [2.75, 3.05) is 44.8 Å². The minimum Gasteiger partial charge on any atom is -0.486 e. The van der Waals surface area contributed by atoms with Crippen LogP contribution in [0.2, 0.25) is 0 Å². The fourth-order valence-corrected chi connectivity index (χ4v) is 3.43. The Morgan fingerprint density at radius 3 is 2.52 bits per heavy atom. The molecule has 7 nitrogen and oxygen atoms in total. The summed E-state index contributed by atoms with van der Waals surface area (Å²) in [5, 5.41) is 2.89. The lowest BCUT2D eigenvalue weighted by atomic mass is 10.1. The van der Waals surface area contributed by atoms with Gasteiger partial charge in [-0.2, -0.15) is 0 Å². The van der Waals surface area contributed by atoms with Crippen LogP contribution in [-0.4, -0.2) is 56.2 Å². The number of anilines is 1. The zero-order valence-electron chi connectivity index (χ0n) is 16.2. The first-order valence-electron chi connectivity index (χ1n) is 9.85. The van der Waals surface area contributed by atoms with Crippen LogP contribution in [0, 0.1) is 0 Å². The number of amides is 2. The SMILES string of the molecule is O=C(CCc1ccc2c(c1)OCCO2)Nc1ccccc1C(=O)N1CCOCC1. The molecule has 0 bridgehead atoms. The zero-order valence-corrected chi connectivity index (χ0v) is 16.2. The topological polar surface area (TPSA) is 77.1 Å². The molecule has 2 aromatic carbocycles. The van der Waals surface area contributed by atoms with Crippen LogP contribution in [0.4, 0.5) is 5.69 Å². The van der Waals surface area contributed by atoms with E-state index in [-0.39, 0.29) is 11.8 Å². The van der Waals surface area contributed by atoms with Gasteiger partial charge in [0.2, 0.25) is 5.91 Å². The van der Waals surface area contributed by atoms with Gasteiger partial charge in [-0.25, -0.2) is 0 Å². The predicted octanol–water partition coefficient (Wildman–Crippen LogP) is 2.50. The Kier molecular flexibility index (Phi) is 5.95. The maximum absolute atomic E-state index is 12.8. The third-order valence-electron chi connectivity index (χ3n) is 4.98. The number of hydrogen-bond donors (Lipinski definition) is 1. The van der Waals surface area contributed by atoms with Crippen LogP contribution in [0.25, 0.3) is 0 Å². The third-order valence-corrected chi connectivity index (χ3v) is 4.98. The molecule has 4 rings (SSSR count). The summed E-state index contributed by atoms with van der Waals surface area (Å²) >= 11 is 0. The van der Waals surface area contributed by atoms with Crippen LogP contribution in [0.1, 0.15) is 22.3 Å². The van der Waals surface area contributed by atoms with Crippen LogP contribution < -0.4 is 14.8 Å². The van der Waals surface area contributed by atoms with E-state index < -0.39 is 0 Å². The van der Waals surface area contributed by atoms with Crippen LogP contribution in [0.3, 0.4) is 0 Å². The third kappa shape index (κ3) is 4.68. The Bertz CT molecular complexity index is 893. The lowest BCUT2D eigenvalue weighted by molar-refractivity contribution is -0.116. The molecule has 152 valence electrons. The first-order chi connectivity index (χ1) is 14.2. The van der Waals surface area contributed by atoms with Crippen LogP contribution in [-0.2, 0) is 16.0 Å². The van der Waals surface area contributed by atoms with E-state index in [4.69, 9.17) is 14.2 Å². The largest absolute Gasteiger partial charge is 0.486 e. The molecule has 0 aliphatic carbocycles. The summed E-state index contributed by atoms with van der Waals surface area (Å²) in [4.78, 5) is 27.1. The van der Waals surface area contributed by atoms with E-state index in [0.29, 0.717) is 63.6 Å². The van der Waals surface area contributed by atoms with Crippen molar-refractivity contribution in [3.63, 3.8) is 0 Å². The molecule has 7 heteroatoms. The van der Waals surface area contributed by atoms with Crippen LogP contribution >= 0.6 is 0 Å². The molecule has 2 aromatic rings. The Morgan fingerprint density at radius 1 is 0.931 bits per heavy atom. The highest BCUT2D eigenvalue weighted by Gasteiger charge is 2.21. The molecule has 0 radical (unpaired) electrons. The van der Waals surface area contributed by atoms with Gasteiger partial charge in [-0.05, 0) is 36.2 Å². The number of nitrogens with one attached hydrogen (secondary N) is 1. The molecule has 2 aliphatic rings. The van der Waals surface area contributed by atoms with Gasteiger partial charge in [-0.3, -0.25) is 9.59 Å². The fraction of sp³-hybridized carbons (Fsp3) is 0.364. The van der Waals surface area contributed by atoms with Gasteiger partial charge < -0.3 is 24.4 Å². The quantitative estimate of drug-likeness (QED) is 0.840. The fourth-order valence-electron chi connectivity index (χ4n) is 3.43. The van der Waals surface area contributed by atoms with Crippen molar-refractivity contribution >= 4 is 17.5 Å². The highest BCUT2D eigenvalue weighted by atomic mass is 16.6. The molecule has 0 unspecified atom stereocenters. The Balaban J connectivity index is 1.38. The van der Waals surface area contributed by atoms with Gasteiger partial charge in [0, 0.05) is 19.5 Å². The first-order valence-corrected chi connectivity index (χ1v) is 9.85. The Morgan fingerprint density at radius 2 is 1.69 bits per heavy atom. The maximum Gasteiger partial charge on any atom is 0.256 e. The van der Waals surface area contributed by atoms with E-state index >= 15 is 0 Å². The van der Waals surface area contributed by atoms with Gasteiger partial charge in [-0.15, -0.1) is 0 Å². The molecule has 29 heavy (non-hydrogen) atoms. The monoisotopic (exact) mass is 396 g/mol. The van der Waals surface area contributed by atoms with E-state index in [1.165, 1.54) is 0 Å². The number of morpholine rings is 1. The second-order valence-corrected chi connectivity index (χ2v) is 6.98. The number of fused-ring (bicyclic) bond motifs is 1. The number of carbonyl (C=O) groups excluding carboxylic acids is 2. The van der Waals surface area contributed by atoms with E-state index in [1.807, 2.05) is 24.3 Å². The summed E-state index contributed by atoms with van der Waals surface area (Å²) in [5.41, 5.74) is 2.04. The maximum atomic E-state index is 12.8. The van der Waals surface area contributed by atoms with Crippen molar-refractivity contribution in [2.24, 2.45) is 0 Å². The second kappa shape index (κ2) is 8.96. The second-order valence-electron chi connectivity index (χ2n) is 6.98. The van der Waals surface area contributed by atoms with Gasteiger partial charge in [0.1, 0.15) is 13.2 Å². The molecule has 1 saturated heterocycles. The lowest BCUT2D eigenvalue weighted by Crippen LogP contribution is -2.41. The minimum absolute atomic E-state index is 0.0870. The van der Waals surface area contributed by atoms with Crippen molar-refractivity contribution in [1.82, 2.24) is 4.90 Å². The lowest BCUT2D eigenvalue weighted by Gasteiger charge is -2.27. The number of nitrogens with zero attached hydrogens (tertiary/aromatic N) is 1. The van der Waals surface area contributed by atoms with Crippen molar-refractivity contribution in [3.05, 3.63) is 53.6 Å². The smallest absolute Gasteiger partial charge is 0.256 e. The molecular weight excluding hydrogens is 372 g/mol. The van der Waals surface area contributed by atoms with E-state index in [0.717, 1.165) is 17.1 Å². The summed E-state index contributed by atoms with van der Waals surface area (Å²) in [6, 6.07) is 12.8. The van der Waals surface area contributed by atoms with Gasteiger partial charge in [-0.1, -0.05) is 18.2 Å². The number of aryl methyl sites for hydroxylation is 1. The van der Waals surface area contributed by atoms with Gasteiger partial charge in [0.15, 0.2) is 11.5 Å². The molecular formula is C22H24N2O5. The minimum atomic E-state index is -0.137. The van der Waals surface area contributed by atoms with Crippen molar-refractivity contribution in [2.45, 2.75) is 12.8 Å². The summed E-state index contributed by atoms with van der Waals surface area (Å²) in [6.45, 7) is 3.28. The summed E-state index contributed by atoms with van der Waals surface area (Å²) in [7, 11) is 0. The standard InChI is InChI=1S/C22H24N2O5/c25-21(8-6-16-5-7-19-20(15-16)29-14-13-28-19)23-18-4-2-1-3-17(18)22(26)24-9-11-27-12-10-24/h1-5,7,15H,6,8-14H2,(H,23,25). The normalized spacial score (nSPS) is 15.7. The molecule has 0 saturated carbocycles. The number of ether oxygens (including phenoxy) is 3. The molecule has 0 aromatic heterocycles. The van der Waals surface area contributed by atoms with Crippen molar-refractivity contribution in [3.8, 4) is 11.5 Å². The zero-order chi connectivity index (χ0) is 20.1. The number of benzene rings is 2. The molecule has 2 amide bonds. The van der Waals surface area contributed by atoms with Gasteiger partial charge in [0.05, 0.1) is 24.5 Å². The number of carbonyl (C=O) groups is 2. The van der Waals surface area contributed by atoms with Crippen molar-refractivity contribution in [1.29, 1.82) is 0 Å². The van der Waals surface area contributed by atoms with E-state index in [1.54, 1.807) is 23.1 Å². The number of para-hydroxylation sites is 1. The van der Waals surface area contributed by atoms with E-state index in [9.17, 15) is 9.59 Å². The Labute approximate surface area is 169 Å². The van der Waals surface area contributed by atoms with Crippen molar-refractivity contribution < 1.29 is 23.8 Å². The Hall–Kier alpha value is -3.06. The predicted molar refractivity (Wildman–Crippen MR) is 108 cm³/mol. The average molecular weight is 396 g/mol. The first kappa shape index (κ1) is 19.3. The summed E-state index contributed by atoms with van der Waals surface area (Å²) in [6.07, 6.45) is 0.877. The number of hydrogen-bond acceptors (Lipinski definition) is 5. The van der Waals surface area contributed by atoms with Crippen LogP contribution in [0.15, 0.2) is 42.5 Å². The molecule has 2 aliphatic heterocycles.